The predicted molar refractivity (Wildman–Crippen MR) is 119 cm³/mol. The molecule has 0 fully saturated rings. The summed E-state index contributed by atoms with van der Waals surface area (Å²) in [5.74, 6) is -0.667. The molecule has 0 saturated carbocycles. The summed E-state index contributed by atoms with van der Waals surface area (Å²) in [5.41, 5.74) is 0.316. The monoisotopic (exact) mass is 514 g/mol. The zero-order valence-electron chi connectivity index (χ0n) is 18.7. The van der Waals surface area contributed by atoms with E-state index in [4.69, 9.17) is 0 Å². The maximum absolute atomic E-state index is 13.0. The summed E-state index contributed by atoms with van der Waals surface area (Å²) in [4.78, 5) is 23.0. The number of benzene rings is 2. The zero-order valence-corrected chi connectivity index (χ0v) is 18.7. The van der Waals surface area contributed by atoms with Crippen LogP contribution >= 0.6 is 0 Å². The normalized spacial score (nSPS) is 11.6. The molecule has 0 bridgehead atoms. The average Bonchev–Trinajstić information content (AvgIpc) is 2.81. The molecule has 0 aliphatic carbocycles. The highest BCUT2D eigenvalue weighted by Crippen LogP contribution is 2.31. The second-order valence-electron chi connectivity index (χ2n) is 7.32. The number of carbonyl (C=O) groups excluding carboxylic acids is 1. The van der Waals surface area contributed by atoms with Gasteiger partial charge in [0, 0.05) is 24.3 Å². The topological polar surface area (TPSA) is 101 Å². The van der Waals surface area contributed by atoms with Gasteiger partial charge in [-0.15, -0.1) is 0 Å². The minimum Gasteiger partial charge on any atom is -0.454 e. The third-order valence-electron chi connectivity index (χ3n) is 4.44. The van der Waals surface area contributed by atoms with E-state index in [2.05, 4.69) is 35.6 Å². The quantitative estimate of drug-likeness (QED) is 0.323. The zero-order chi connectivity index (χ0) is 26.3. The second kappa shape index (κ2) is 11.1. The molecule has 0 spiro atoms. The molecule has 0 radical (unpaired) electrons. The lowest BCUT2D eigenvalue weighted by molar-refractivity contribution is -0.154. The first-order valence-electron chi connectivity index (χ1n) is 10.4. The van der Waals surface area contributed by atoms with Crippen LogP contribution in [0.1, 0.15) is 24.5 Å². The summed E-state index contributed by atoms with van der Waals surface area (Å²) in [7, 11) is 0. The summed E-state index contributed by atoms with van der Waals surface area (Å²) >= 11 is 0. The third kappa shape index (κ3) is 8.29. The van der Waals surface area contributed by atoms with Crippen molar-refractivity contribution in [3.05, 3.63) is 59.7 Å². The van der Waals surface area contributed by atoms with Crippen LogP contribution in [-0.2, 0) is 17.5 Å². The van der Waals surface area contributed by atoms with Gasteiger partial charge in [0.05, 0.1) is 5.56 Å². The molecule has 1 amide bonds. The maximum Gasteiger partial charge on any atom is 0.422 e. The van der Waals surface area contributed by atoms with Gasteiger partial charge in [0.15, 0.2) is 6.61 Å². The Morgan fingerprint density at radius 3 is 2.25 bits per heavy atom. The number of alkyl halides is 6. The molecule has 2 aromatic carbocycles. The van der Waals surface area contributed by atoms with E-state index in [9.17, 15) is 31.1 Å². The number of amides is 1. The van der Waals surface area contributed by atoms with Crippen molar-refractivity contribution in [3.8, 4) is 6.01 Å². The molecule has 8 nitrogen and oxygen atoms in total. The van der Waals surface area contributed by atoms with Gasteiger partial charge in [-0.2, -0.15) is 41.3 Å². The molecule has 192 valence electrons. The van der Waals surface area contributed by atoms with E-state index in [1.807, 2.05) is 0 Å². The first kappa shape index (κ1) is 26.5. The van der Waals surface area contributed by atoms with E-state index < -0.39 is 30.5 Å². The number of halogens is 6. The molecule has 1 aromatic heterocycles. The van der Waals surface area contributed by atoms with Crippen molar-refractivity contribution in [1.82, 2.24) is 15.0 Å². The fraction of sp³-hybridized carbons (Fsp3) is 0.273. The highest BCUT2D eigenvalue weighted by Gasteiger charge is 2.31. The van der Waals surface area contributed by atoms with Gasteiger partial charge in [-0.05, 0) is 35.9 Å². The van der Waals surface area contributed by atoms with Gasteiger partial charge in [-0.3, -0.25) is 4.79 Å². The van der Waals surface area contributed by atoms with Crippen LogP contribution in [0.15, 0.2) is 48.5 Å². The first-order chi connectivity index (χ1) is 16.9. The Hall–Kier alpha value is -4.10. The molecular weight excluding hydrogens is 494 g/mol. The Bertz CT molecular complexity index is 1180. The van der Waals surface area contributed by atoms with Crippen LogP contribution in [-0.4, -0.2) is 33.6 Å². The number of nitrogens with zero attached hydrogens (tertiary/aromatic N) is 3. The van der Waals surface area contributed by atoms with Crippen molar-refractivity contribution < 1.29 is 35.9 Å². The number of nitrogens with one attached hydrogen (secondary N) is 3. The van der Waals surface area contributed by atoms with Crippen molar-refractivity contribution in [2.45, 2.75) is 32.2 Å². The molecule has 3 N–H and O–H groups in total. The fourth-order valence-corrected chi connectivity index (χ4v) is 2.74. The Kier molecular flexibility index (Phi) is 8.17. The highest BCUT2D eigenvalue weighted by atomic mass is 19.4. The number of carbonyl (C=O) groups is 1. The van der Waals surface area contributed by atoms with Gasteiger partial charge in [-0.1, -0.05) is 25.1 Å². The smallest absolute Gasteiger partial charge is 0.422 e. The van der Waals surface area contributed by atoms with E-state index in [0.29, 0.717) is 12.1 Å². The molecule has 1 heterocycles. The Morgan fingerprint density at radius 1 is 0.917 bits per heavy atom. The Balaban J connectivity index is 1.78. The van der Waals surface area contributed by atoms with Gasteiger partial charge in [0.2, 0.25) is 17.8 Å². The van der Waals surface area contributed by atoms with Crippen LogP contribution in [0.5, 0.6) is 6.01 Å². The van der Waals surface area contributed by atoms with Crippen molar-refractivity contribution in [2.75, 3.05) is 22.6 Å². The predicted octanol–water partition coefficient (Wildman–Crippen LogP) is 5.54. The molecule has 0 atom stereocenters. The molecule has 0 saturated heterocycles. The molecule has 0 aliphatic heterocycles. The van der Waals surface area contributed by atoms with Gasteiger partial charge in [0.1, 0.15) is 0 Å². The van der Waals surface area contributed by atoms with Crippen LogP contribution in [0.2, 0.25) is 0 Å². The summed E-state index contributed by atoms with van der Waals surface area (Å²) in [6, 6.07) is 10.2. The highest BCUT2D eigenvalue weighted by molar-refractivity contribution is 5.90. The number of hydrogen-bond acceptors (Lipinski definition) is 7. The van der Waals surface area contributed by atoms with E-state index in [1.54, 1.807) is 31.2 Å². The lowest BCUT2D eigenvalue weighted by Crippen LogP contribution is -2.21. The van der Waals surface area contributed by atoms with Crippen LogP contribution in [0.3, 0.4) is 0 Å². The molecular formula is C22H20F6N6O2. The SMILES string of the molecule is CCC(=O)Nc1ccc(CNc2nc(Nc3cccc(C(F)(F)F)c3)nc(OCC(F)(F)F)n2)cc1. The minimum absolute atomic E-state index is 0.0477. The largest absolute Gasteiger partial charge is 0.454 e. The summed E-state index contributed by atoms with van der Waals surface area (Å²) in [6.07, 6.45) is -8.94. The summed E-state index contributed by atoms with van der Waals surface area (Å²) in [6.45, 7) is 0.170. The lowest BCUT2D eigenvalue weighted by atomic mass is 10.2. The third-order valence-corrected chi connectivity index (χ3v) is 4.44. The van der Waals surface area contributed by atoms with Crippen LogP contribution in [0.25, 0.3) is 0 Å². The fourth-order valence-electron chi connectivity index (χ4n) is 2.74. The van der Waals surface area contributed by atoms with Crippen molar-refractivity contribution in [3.63, 3.8) is 0 Å². The number of aromatic nitrogens is 3. The van der Waals surface area contributed by atoms with E-state index in [-0.39, 0.29) is 30.0 Å². The van der Waals surface area contributed by atoms with Gasteiger partial charge in [0.25, 0.3) is 0 Å². The van der Waals surface area contributed by atoms with Gasteiger partial charge in [-0.25, -0.2) is 0 Å². The number of ether oxygens (including phenoxy) is 1. The molecule has 14 heteroatoms. The molecule has 0 aliphatic rings. The number of rotatable bonds is 9. The van der Waals surface area contributed by atoms with E-state index >= 15 is 0 Å². The van der Waals surface area contributed by atoms with Crippen LogP contribution < -0.4 is 20.7 Å². The van der Waals surface area contributed by atoms with Crippen LogP contribution in [0.4, 0.5) is 49.6 Å². The number of hydrogen-bond donors (Lipinski definition) is 3. The van der Waals surface area contributed by atoms with Gasteiger partial charge < -0.3 is 20.7 Å². The molecule has 3 rings (SSSR count). The van der Waals surface area contributed by atoms with E-state index in [1.165, 1.54) is 6.07 Å². The Labute approximate surface area is 201 Å². The standard InChI is InChI=1S/C22H20F6N6O2/c1-2-17(35)30-15-8-6-13(7-9-15)11-29-18-32-19(34-20(33-18)36-12-21(23,24)25)31-16-5-3-4-14(10-16)22(26,27)28/h3-10H,2,11-12H2,1H3,(H,30,35)(H2,29,31,32,33,34). The molecule has 0 unspecified atom stereocenters. The van der Waals surface area contributed by atoms with Crippen LogP contribution in [0, 0.1) is 0 Å². The second-order valence-corrected chi connectivity index (χ2v) is 7.32. The van der Waals surface area contributed by atoms with E-state index in [0.717, 1.165) is 23.8 Å². The maximum atomic E-state index is 13.0. The van der Waals surface area contributed by atoms with Gasteiger partial charge >= 0.3 is 18.4 Å². The van der Waals surface area contributed by atoms with Crippen molar-refractivity contribution >= 4 is 29.2 Å². The van der Waals surface area contributed by atoms with Crippen molar-refractivity contribution in [2.24, 2.45) is 0 Å². The molecule has 3 aromatic rings. The molecule has 36 heavy (non-hydrogen) atoms. The minimum atomic E-state index is -4.66. The number of anilines is 4. The van der Waals surface area contributed by atoms with Crippen molar-refractivity contribution in [1.29, 1.82) is 0 Å². The summed E-state index contributed by atoms with van der Waals surface area (Å²) < 4.78 is 81.3. The average molecular weight is 514 g/mol. The lowest BCUT2D eigenvalue weighted by Gasteiger charge is -2.13. The summed E-state index contributed by atoms with van der Waals surface area (Å²) in [5, 5.41) is 8.01. The first-order valence-corrected chi connectivity index (χ1v) is 10.4. The Morgan fingerprint density at radius 2 is 1.61 bits per heavy atom.